The van der Waals surface area contributed by atoms with Gasteiger partial charge in [0.25, 0.3) is 0 Å². The molecular weight excluding hydrogens is 268 g/mol. The van der Waals surface area contributed by atoms with Crippen molar-refractivity contribution in [2.45, 2.75) is 32.4 Å². The fourth-order valence-electron chi connectivity index (χ4n) is 2.89. The number of amides is 2. The zero-order chi connectivity index (χ0) is 15.4. The van der Waals surface area contributed by atoms with Crippen molar-refractivity contribution in [1.29, 1.82) is 0 Å². The van der Waals surface area contributed by atoms with Crippen LogP contribution in [0.15, 0.2) is 30.3 Å². The molecule has 1 fully saturated rings. The van der Waals surface area contributed by atoms with Gasteiger partial charge in [-0.1, -0.05) is 30.3 Å². The largest absolute Gasteiger partial charge is 0.481 e. The summed E-state index contributed by atoms with van der Waals surface area (Å²) >= 11 is 0. The minimum Gasteiger partial charge on any atom is -0.481 e. The van der Waals surface area contributed by atoms with E-state index in [1.165, 1.54) is 0 Å². The van der Waals surface area contributed by atoms with Gasteiger partial charge in [-0.25, -0.2) is 4.79 Å². The summed E-state index contributed by atoms with van der Waals surface area (Å²) in [4.78, 5) is 27.1. The molecule has 1 N–H and O–H groups in total. The SMILES string of the molecule is C[C@@H]1[C@H](C(=O)O)CCCN1C(=O)N(C)Cc1ccccc1. The Morgan fingerprint density at radius 1 is 1.33 bits per heavy atom. The van der Waals surface area contributed by atoms with Crippen LogP contribution in [0.2, 0.25) is 0 Å². The highest BCUT2D eigenvalue weighted by Crippen LogP contribution is 2.24. The molecule has 114 valence electrons. The van der Waals surface area contributed by atoms with Gasteiger partial charge in [-0.05, 0) is 25.3 Å². The molecule has 0 spiro atoms. The second-order valence-electron chi connectivity index (χ2n) is 5.65. The molecule has 1 aromatic carbocycles. The molecule has 0 unspecified atom stereocenters. The first-order chi connectivity index (χ1) is 10.0. The monoisotopic (exact) mass is 290 g/mol. The van der Waals surface area contributed by atoms with E-state index in [2.05, 4.69) is 0 Å². The fraction of sp³-hybridized carbons (Fsp3) is 0.500. The molecule has 1 saturated heterocycles. The molecule has 0 aliphatic carbocycles. The van der Waals surface area contributed by atoms with E-state index < -0.39 is 11.9 Å². The quantitative estimate of drug-likeness (QED) is 0.930. The lowest BCUT2D eigenvalue weighted by molar-refractivity contribution is -0.145. The van der Waals surface area contributed by atoms with Gasteiger partial charge < -0.3 is 14.9 Å². The fourth-order valence-corrected chi connectivity index (χ4v) is 2.89. The second-order valence-corrected chi connectivity index (χ2v) is 5.65. The molecule has 1 aromatic rings. The third-order valence-electron chi connectivity index (χ3n) is 4.14. The van der Waals surface area contributed by atoms with Crippen molar-refractivity contribution >= 4 is 12.0 Å². The van der Waals surface area contributed by atoms with Crippen LogP contribution in [0.25, 0.3) is 0 Å². The van der Waals surface area contributed by atoms with Crippen LogP contribution in [0.4, 0.5) is 4.79 Å². The summed E-state index contributed by atoms with van der Waals surface area (Å²) in [6.07, 6.45) is 1.38. The molecule has 2 atom stereocenters. The average Bonchev–Trinajstić information content (AvgIpc) is 2.47. The first-order valence-corrected chi connectivity index (χ1v) is 7.29. The summed E-state index contributed by atoms with van der Waals surface area (Å²) < 4.78 is 0. The van der Waals surface area contributed by atoms with E-state index in [4.69, 9.17) is 0 Å². The third-order valence-corrected chi connectivity index (χ3v) is 4.14. The summed E-state index contributed by atoms with van der Waals surface area (Å²) in [5, 5.41) is 9.23. The van der Waals surface area contributed by atoms with Crippen molar-refractivity contribution in [3.05, 3.63) is 35.9 Å². The van der Waals surface area contributed by atoms with Crippen LogP contribution in [0.3, 0.4) is 0 Å². The van der Waals surface area contributed by atoms with Gasteiger partial charge in [0, 0.05) is 26.2 Å². The Morgan fingerprint density at radius 2 is 2.00 bits per heavy atom. The van der Waals surface area contributed by atoms with Crippen LogP contribution >= 0.6 is 0 Å². The van der Waals surface area contributed by atoms with Gasteiger partial charge in [-0.3, -0.25) is 4.79 Å². The van der Waals surface area contributed by atoms with Crippen molar-refractivity contribution in [1.82, 2.24) is 9.80 Å². The normalized spacial score (nSPS) is 21.9. The van der Waals surface area contributed by atoms with Crippen molar-refractivity contribution in [2.75, 3.05) is 13.6 Å². The summed E-state index contributed by atoms with van der Waals surface area (Å²) in [6.45, 7) is 2.98. The highest BCUT2D eigenvalue weighted by Gasteiger charge is 2.36. The molecule has 0 bridgehead atoms. The number of nitrogens with zero attached hydrogens (tertiary/aromatic N) is 2. The number of piperidine rings is 1. The first kappa shape index (κ1) is 15.4. The molecule has 1 aliphatic heterocycles. The Morgan fingerprint density at radius 3 is 2.62 bits per heavy atom. The zero-order valence-electron chi connectivity index (χ0n) is 12.5. The van der Waals surface area contributed by atoms with E-state index >= 15 is 0 Å². The smallest absolute Gasteiger partial charge is 0.320 e. The number of rotatable bonds is 3. The summed E-state index contributed by atoms with van der Waals surface area (Å²) in [5.41, 5.74) is 1.06. The van der Waals surface area contributed by atoms with Crippen LogP contribution in [0.1, 0.15) is 25.3 Å². The van der Waals surface area contributed by atoms with Crippen LogP contribution in [0.5, 0.6) is 0 Å². The summed E-state index contributed by atoms with van der Waals surface area (Å²) in [5.74, 6) is -1.28. The Balaban J connectivity index is 2.03. The first-order valence-electron chi connectivity index (χ1n) is 7.29. The van der Waals surface area contributed by atoms with E-state index in [0.717, 1.165) is 12.0 Å². The van der Waals surface area contributed by atoms with E-state index in [-0.39, 0.29) is 12.1 Å². The lowest BCUT2D eigenvalue weighted by Crippen LogP contribution is -2.52. The molecule has 0 aromatic heterocycles. The number of carboxylic acid groups (broad SMARTS) is 1. The number of aliphatic carboxylic acids is 1. The highest BCUT2D eigenvalue weighted by molar-refractivity contribution is 5.77. The predicted molar refractivity (Wildman–Crippen MR) is 79.8 cm³/mol. The minimum absolute atomic E-state index is 0.0997. The van der Waals surface area contributed by atoms with Gasteiger partial charge >= 0.3 is 12.0 Å². The molecule has 1 aliphatic rings. The second kappa shape index (κ2) is 6.61. The number of hydrogen-bond donors (Lipinski definition) is 1. The van der Waals surface area contributed by atoms with Crippen LogP contribution in [-0.2, 0) is 11.3 Å². The number of likely N-dealkylation sites (tertiary alicyclic amines) is 1. The van der Waals surface area contributed by atoms with Crippen LogP contribution in [0, 0.1) is 5.92 Å². The van der Waals surface area contributed by atoms with Gasteiger partial charge in [-0.15, -0.1) is 0 Å². The number of urea groups is 1. The molecule has 5 nitrogen and oxygen atoms in total. The molecule has 1 heterocycles. The van der Waals surface area contributed by atoms with Crippen molar-refractivity contribution in [2.24, 2.45) is 5.92 Å². The number of carbonyl (C=O) groups is 2. The number of carboxylic acids is 1. The maximum absolute atomic E-state index is 12.5. The molecular formula is C16H22N2O3. The van der Waals surface area contributed by atoms with Crippen molar-refractivity contribution in [3.63, 3.8) is 0 Å². The van der Waals surface area contributed by atoms with Gasteiger partial charge in [0.05, 0.1) is 5.92 Å². The number of benzene rings is 1. The number of hydrogen-bond acceptors (Lipinski definition) is 2. The van der Waals surface area contributed by atoms with Crippen molar-refractivity contribution in [3.8, 4) is 0 Å². The van der Waals surface area contributed by atoms with Gasteiger partial charge in [0.2, 0.25) is 0 Å². The van der Waals surface area contributed by atoms with Crippen LogP contribution in [-0.4, -0.2) is 46.5 Å². The summed E-state index contributed by atoms with van der Waals surface area (Å²) in [6, 6.07) is 9.41. The lowest BCUT2D eigenvalue weighted by atomic mass is 9.90. The average molecular weight is 290 g/mol. The zero-order valence-corrected chi connectivity index (χ0v) is 12.5. The predicted octanol–water partition coefficient (Wildman–Crippen LogP) is 2.42. The summed E-state index contributed by atoms with van der Waals surface area (Å²) in [7, 11) is 1.76. The molecule has 0 radical (unpaired) electrons. The molecule has 0 saturated carbocycles. The lowest BCUT2D eigenvalue weighted by Gasteiger charge is -2.39. The van der Waals surface area contributed by atoms with E-state index in [9.17, 15) is 14.7 Å². The minimum atomic E-state index is -0.814. The Hall–Kier alpha value is -2.04. The molecule has 2 rings (SSSR count). The van der Waals surface area contributed by atoms with E-state index in [0.29, 0.717) is 19.5 Å². The Labute approximate surface area is 125 Å². The maximum Gasteiger partial charge on any atom is 0.320 e. The molecule has 5 heteroatoms. The Kier molecular flexibility index (Phi) is 4.83. The molecule has 2 amide bonds. The topological polar surface area (TPSA) is 60.9 Å². The third kappa shape index (κ3) is 3.54. The maximum atomic E-state index is 12.5. The van der Waals surface area contributed by atoms with E-state index in [1.807, 2.05) is 37.3 Å². The van der Waals surface area contributed by atoms with Crippen molar-refractivity contribution < 1.29 is 14.7 Å². The van der Waals surface area contributed by atoms with Gasteiger partial charge in [-0.2, -0.15) is 0 Å². The van der Waals surface area contributed by atoms with Gasteiger partial charge in [0.15, 0.2) is 0 Å². The highest BCUT2D eigenvalue weighted by atomic mass is 16.4. The molecule has 21 heavy (non-hydrogen) atoms. The Bertz CT molecular complexity index is 504. The number of carbonyl (C=O) groups excluding carboxylic acids is 1. The van der Waals surface area contributed by atoms with Crippen LogP contribution < -0.4 is 0 Å². The van der Waals surface area contributed by atoms with E-state index in [1.54, 1.807) is 16.8 Å². The standard InChI is InChI=1S/C16H22N2O3/c1-12-14(15(19)20)9-6-10-18(12)16(21)17(2)11-13-7-4-3-5-8-13/h3-5,7-8,12,14H,6,9-11H2,1-2H3,(H,19,20)/t12-,14-/m1/s1. The van der Waals surface area contributed by atoms with Gasteiger partial charge in [0.1, 0.15) is 0 Å².